The standard InChI is InChI=1S/C20H20N4O3.C18H17N5O2.C18H21N3O.C17H16N6O2.C17H20N4O.C15H18N4O3/c1-13-10-16(23-27-13)12-26-20-19-17(21-14(2)22-20)8-9-24(19)11-15-6-4-5-7-18(15)25-3;1-12-9-15(22-25-12)11-24-18-17-16(20-13(2)21-18)6-8-23(17)10-14-5-3-4-7-19-14;1-3-4-12-22-18-17-16(19-14(2)20-18)10-11-21(17)13-15-8-6-5-7-9-15;1-11-19-14-6-8-23(9-13-5-3-4-7-18-13)16(14)17(20-11)24-10-15-21-12(2)25-22-15;1-3-4-11-22-17-16-15(19-13(2)20-17)8-10-21(16)12-14-7-5-6-9-18-14;1-10-8-12(18-22-10)9-21-15-14-13(16-11(2)17-15)4-5-19(14)6-7-20-3/h4-10H,11-12H2,1-3H3;3-9H,10-11H2,1-2H3;5-11H,3-4,12-13H2,1-2H3;3-8H,9-10H2,1-2H3;5-10H,3-4,11-12H2,1-2H3;4-5,8H,6-7,9H2,1-3H3. The van der Waals surface area contributed by atoms with E-state index in [0.29, 0.717) is 129 Å². The molecule has 21 aromatic rings. The van der Waals surface area contributed by atoms with Crippen molar-refractivity contribution in [2.75, 3.05) is 34.0 Å². The number of aryl methyl sites for hydroxylation is 10. The first-order chi connectivity index (χ1) is 69.7. The fourth-order valence-corrected chi connectivity index (χ4v) is 15.6. The molecule has 0 saturated carbocycles. The van der Waals surface area contributed by atoms with Gasteiger partial charge in [0.25, 0.3) is 0 Å². The van der Waals surface area contributed by atoms with Gasteiger partial charge in [-0.3, -0.25) is 15.0 Å². The van der Waals surface area contributed by atoms with E-state index in [1.165, 1.54) is 5.56 Å². The number of pyridine rings is 3. The van der Waals surface area contributed by atoms with Crippen LogP contribution in [0, 0.1) is 69.2 Å². The first-order valence-electron chi connectivity index (χ1n) is 46.9. The molecule has 0 N–H and O–H groups in total. The van der Waals surface area contributed by atoms with E-state index in [2.05, 4.69) is 158 Å². The molecule has 0 saturated heterocycles. The molecule has 0 spiro atoms. The van der Waals surface area contributed by atoms with Crippen molar-refractivity contribution in [2.45, 2.75) is 174 Å². The molecular weight excluding hydrogens is 1820 g/mol. The zero-order valence-electron chi connectivity index (χ0n) is 82.3. The van der Waals surface area contributed by atoms with Crippen LogP contribution in [0.15, 0.2) is 238 Å². The van der Waals surface area contributed by atoms with Gasteiger partial charge in [-0.25, -0.2) is 29.9 Å². The van der Waals surface area contributed by atoms with Gasteiger partial charge in [0.05, 0.1) is 103 Å². The number of unbranched alkanes of at least 4 members (excludes halogenated alkanes) is 2. The van der Waals surface area contributed by atoms with Crippen molar-refractivity contribution in [1.29, 1.82) is 0 Å². The minimum atomic E-state index is 0.178. The van der Waals surface area contributed by atoms with E-state index in [1.807, 2.05) is 247 Å². The molecule has 0 aliphatic carbocycles. The summed E-state index contributed by atoms with van der Waals surface area (Å²) in [4.78, 5) is 71.0. The molecule has 38 heteroatoms. The number of aromatic nitrogens is 26. The van der Waals surface area contributed by atoms with Crippen LogP contribution in [0.1, 0.15) is 149 Å². The van der Waals surface area contributed by atoms with Crippen LogP contribution < -0.4 is 33.2 Å². The summed E-state index contributed by atoms with van der Waals surface area (Å²) in [5.41, 5.74) is 17.9. The Balaban J connectivity index is 0.000000123. The van der Waals surface area contributed by atoms with Crippen LogP contribution in [-0.4, -0.2) is 162 Å². The predicted molar refractivity (Wildman–Crippen MR) is 534 cm³/mol. The third kappa shape index (κ3) is 26.3. The summed E-state index contributed by atoms with van der Waals surface area (Å²) >= 11 is 0. The highest BCUT2D eigenvalue weighted by atomic mass is 16.5. The van der Waals surface area contributed by atoms with Gasteiger partial charge in [0.15, 0.2) is 6.61 Å². The predicted octanol–water partition coefficient (Wildman–Crippen LogP) is 18.8. The van der Waals surface area contributed by atoms with Gasteiger partial charge in [-0.05, 0) is 160 Å². The van der Waals surface area contributed by atoms with Gasteiger partial charge in [-0.2, -0.15) is 34.9 Å². The van der Waals surface area contributed by atoms with Gasteiger partial charge in [0, 0.05) is 107 Å². The van der Waals surface area contributed by atoms with Gasteiger partial charge >= 0.3 is 0 Å². The van der Waals surface area contributed by atoms with Gasteiger partial charge in [0.2, 0.25) is 47.0 Å². The summed E-state index contributed by atoms with van der Waals surface area (Å²) in [6.07, 6.45) is 21.6. The lowest BCUT2D eigenvalue weighted by atomic mass is 10.2. The van der Waals surface area contributed by atoms with Crippen molar-refractivity contribution >= 4 is 66.2 Å². The average molecular weight is 1930 g/mol. The Morgan fingerprint density at radius 1 is 0.287 bits per heavy atom. The molecule has 21 rings (SSSR count). The number of hydrogen-bond donors (Lipinski definition) is 0. The van der Waals surface area contributed by atoms with E-state index < -0.39 is 0 Å². The first-order valence-corrected chi connectivity index (χ1v) is 46.9. The zero-order chi connectivity index (χ0) is 99.5. The number of benzene rings is 2. The summed E-state index contributed by atoms with van der Waals surface area (Å²) < 4.78 is 78.6. The summed E-state index contributed by atoms with van der Waals surface area (Å²) in [5, 5.41) is 15.7. The fourth-order valence-electron chi connectivity index (χ4n) is 15.6. The number of hydrogen-bond acceptors (Lipinski definition) is 32. The minimum Gasteiger partial charge on any atom is -0.496 e. The molecular formula is C105H112N26O12. The maximum atomic E-state index is 5.97. The molecule has 0 aliphatic rings. The second kappa shape index (κ2) is 48.0. The number of fused-ring (bicyclic) bond motifs is 6. The fraction of sp³-hybridized carbons (Fsp3) is 0.295. The Kier molecular flexibility index (Phi) is 33.2. The third-order valence-electron chi connectivity index (χ3n) is 22.1. The lowest BCUT2D eigenvalue weighted by Crippen LogP contribution is -2.06. The summed E-state index contributed by atoms with van der Waals surface area (Å²) in [5.74, 6) is 11.6. The van der Waals surface area contributed by atoms with Crippen LogP contribution in [0.25, 0.3) is 66.2 Å². The van der Waals surface area contributed by atoms with Crippen LogP contribution in [-0.2, 0) is 70.4 Å². The molecule has 0 aliphatic heterocycles. The highest BCUT2D eigenvalue weighted by molar-refractivity contribution is 5.85. The summed E-state index contributed by atoms with van der Waals surface area (Å²) in [6.45, 7) is 29.8. The molecule has 0 fully saturated rings. The number of para-hydroxylation sites is 1. The zero-order valence-corrected chi connectivity index (χ0v) is 82.3. The second-order valence-electron chi connectivity index (χ2n) is 33.4. The molecule has 143 heavy (non-hydrogen) atoms. The molecule has 734 valence electrons. The average Bonchev–Trinajstić information content (AvgIpc) is 1.68. The van der Waals surface area contributed by atoms with E-state index in [4.69, 9.17) is 56.0 Å². The van der Waals surface area contributed by atoms with E-state index in [-0.39, 0.29) is 19.8 Å². The van der Waals surface area contributed by atoms with E-state index in [9.17, 15) is 0 Å². The van der Waals surface area contributed by atoms with Gasteiger partial charge < -0.3 is 83.4 Å². The van der Waals surface area contributed by atoms with Crippen molar-refractivity contribution in [3.05, 3.63) is 329 Å². The summed E-state index contributed by atoms with van der Waals surface area (Å²) in [6, 6.07) is 53.3. The molecule has 2 aromatic carbocycles. The lowest BCUT2D eigenvalue weighted by molar-refractivity contribution is 0.188. The van der Waals surface area contributed by atoms with E-state index >= 15 is 0 Å². The monoisotopic (exact) mass is 1930 g/mol. The molecule has 0 bridgehead atoms. The number of rotatable bonds is 34. The first kappa shape index (κ1) is 99.0. The van der Waals surface area contributed by atoms with Crippen molar-refractivity contribution in [1.82, 2.24) is 128 Å². The summed E-state index contributed by atoms with van der Waals surface area (Å²) in [7, 11) is 3.35. The van der Waals surface area contributed by atoms with E-state index in [1.54, 1.807) is 39.7 Å². The Morgan fingerprint density at radius 3 is 0.944 bits per heavy atom. The maximum Gasteiger partial charge on any atom is 0.242 e. The van der Waals surface area contributed by atoms with Crippen molar-refractivity contribution in [3.8, 4) is 41.0 Å². The van der Waals surface area contributed by atoms with Crippen molar-refractivity contribution < 1.29 is 56.0 Å². The van der Waals surface area contributed by atoms with Crippen LogP contribution in [0.2, 0.25) is 0 Å². The van der Waals surface area contributed by atoms with Crippen LogP contribution in [0.4, 0.5) is 0 Å². The molecule has 0 atom stereocenters. The third-order valence-corrected chi connectivity index (χ3v) is 22.1. The Bertz CT molecular complexity index is 7400. The van der Waals surface area contributed by atoms with Gasteiger partial charge in [-0.15, -0.1) is 0 Å². The van der Waals surface area contributed by atoms with Crippen LogP contribution in [0.5, 0.6) is 41.0 Å². The highest BCUT2D eigenvalue weighted by Crippen LogP contribution is 2.34. The van der Waals surface area contributed by atoms with Gasteiger partial charge in [0.1, 0.15) is 128 Å². The molecule has 38 nitrogen and oxygen atoms in total. The number of methoxy groups -OCH3 is 2. The Labute approximate surface area is 823 Å². The normalized spacial score (nSPS) is 11.1. The molecule has 19 aromatic heterocycles. The largest absolute Gasteiger partial charge is 0.496 e. The topological polar surface area (TPSA) is 414 Å². The van der Waals surface area contributed by atoms with Gasteiger partial charge in [-0.1, -0.05) is 114 Å². The highest BCUT2D eigenvalue weighted by Gasteiger charge is 2.23. The lowest BCUT2D eigenvalue weighted by Gasteiger charge is -2.12. The smallest absolute Gasteiger partial charge is 0.242 e. The molecule has 0 radical (unpaired) electrons. The maximum absolute atomic E-state index is 5.97. The number of nitrogens with zero attached hydrogens (tertiary/aromatic N) is 26. The number of ether oxygens (including phenoxy) is 8. The quantitative estimate of drug-likeness (QED) is 0.0338. The molecule has 0 unspecified atom stereocenters. The SMILES string of the molecule is CCCCOc1nc(C)nc2ccn(Cc3ccccc3)c12.CCCCOc1nc(C)nc2ccn(Cc3ccccn3)c12.COCCn1ccc2nc(C)nc(OCc3cc(C)on3)c21.COc1ccccc1Cn1ccc2nc(C)nc(OCc3cc(C)on3)c21.Cc1nc(OCc2cc(C)on2)c2c(ccn2Cc2ccccn2)n1.Cc1nc(OCc2noc(C)n2)c2c(ccn2Cc2ccccn2)n1. The molecule has 19 heterocycles. The molecule has 0 amide bonds. The van der Waals surface area contributed by atoms with Crippen LogP contribution >= 0.6 is 0 Å². The van der Waals surface area contributed by atoms with E-state index in [0.717, 1.165) is 173 Å². The van der Waals surface area contributed by atoms with Crippen LogP contribution in [0.3, 0.4) is 0 Å². The Morgan fingerprint density at radius 2 is 0.615 bits per heavy atom. The van der Waals surface area contributed by atoms with Crippen molar-refractivity contribution in [3.63, 3.8) is 0 Å². The second-order valence-corrected chi connectivity index (χ2v) is 33.4. The Hall–Kier alpha value is -17.1. The minimum absolute atomic E-state index is 0.178. The van der Waals surface area contributed by atoms with Crippen molar-refractivity contribution in [2.24, 2.45) is 0 Å².